The van der Waals surface area contributed by atoms with Gasteiger partial charge in [-0.05, 0) is 6.54 Å². The standard InChI is InChI=1S/C14H18N6/c1-3-16-12(8-14-17-5-6-19(14)2)11-9-18-20-7-4-15-10-13(11)20/h4-7,9-10,12,16H,3,8H2,1-2H3. The van der Waals surface area contributed by atoms with E-state index in [4.69, 9.17) is 0 Å². The molecule has 0 spiro atoms. The van der Waals surface area contributed by atoms with Gasteiger partial charge in [-0.15, -0.1) is 0 Å². The van der Waals surface area contributed by atoms with Crippen molar-refractivity contribution in [2.75, 3.05) is 6.54 Å². The number of aromatic nitrogens is 5. The second-order valence-electron chi connectivity index (χ2n) is 4.77. The van der Waals surface area contributed by atoms with Crippen LogP contribution in [0.3, 0.4) is 0 Å². The Bertz CT molecular complexity index is 698. The van der Waals surface area contributed by atoms with Crippen LogP contribution in [0.1, 0.15) is 24.4 Å². The molecule has 104 valence electrons. The van der Waals surface area contributed by atoms with Gasteiger partial charge in [-0.25, -0.2) is 9.50 Å². The van der Waals surface area contributed by atoms with Crippen LogP contribution >= 0.6 is 0 Å². The summed E-state index contributed by atoms with van der Waals surface area (Å²) in [5, 5.41) is 7.89. The fraction of sp³-hybridized carbons (Fsp3) is 0.357. The summed E-state index contributed by atoms with van der Waals surface area (Å²) in [6.07, 6.45) is 12.0. The van der Waals surface area contributed by atoms with Crippen LogP contribution < -0.4 is 5.32 Å². The fourth-order valence-electron chi connectivity index (χ4n) is 2.44. The summed E-state index contributed by atoms with van der Waals surface area (Å²) in [6.45, 7) is 3.00. The first-order valence-corrected chi connectivity index (χ1v) is 6.76. The van der Waals surface area contributed by atoms with Crippen LogP contribution in [-0.2, 0) is 13.5 Å². The smallest absolute Gasteiger partial charge is 0.110 e. The third-order valence-electron chi connectivity index (χ3n) is 3.49. The average Bonchev–Trinajstić information content (AvgIpc) is 3.05. The molecule has 0 bridgehead atoms. The molecule has 1 unspecified atom stereocenters. The Balaban J connectivity index is 1.96. The molecule has 3 heterocycles. The lowest BCUT2D eigenvalue weighted by Crippen LogP contribution is -2.24. The maximum Gasteiger partial charge on any atom is 0.110 e. The van der Waals surface area contributed by atoms with Crippen molar-refractivity contribution >= 4 is 5.52 Å². The number of aryl methyl sites for hydroxylation is 1. The topological polar surface area (TPSA) is 60.0 Å². The maximum atomic E-state index is 4.41. The third-order valence-corrected chi connectivity index (χ3v) is 3.49. The molecule has 3 aromatic rings. The van der Waals surface area contributed by atoms with E-state index in [9.17, 15) is 0 Å². The molecule has 1 atom stereocenters. The first kappa shape index (κ1) is 12.8. The number of hydrogen-bond acceptors (Lipinski definition) is 4. The Morgan fingerprint density at radius 2 is 2.15 bits per heavy atom. The van der Waals surface area contributed by atoms with Gasteiger partial charge in [-0.1, -0.05) is 6.92 Å². The number of fused-ring (bicyclic) bond motifs is 1. The van der Waals surface area contributed by atoms with E-state index in [1.807, 2.05) is 47.1 Å². The Kier molecular flexibility index (Phi) is 3.47. The number of nitrogens with one attached hydrogen (secondary N) is 1. The molecule has 0 aliphatic rings. The van der Waals surface area contributed by atoms with Crippen molar-refractivity contribution in [1.29, 1.82) is 0 Å². The highest BCUT2D eigenvalue weighted by Crippen LogP contribution is 2.21. The van der Waals surface area contributed by atoms with Crippen LogP contribution in [0.4, 0.5) is 0 Å². The average molecular weight is 270 g/mol. The highest BCUT2D eigenvalue weighted by Gasteiger charge is 2.18. The van der Waals surface area contributed by atoms with Gasteiger partial charge in [-0.3, -0.25) is 4.98 Å². The van der Waals surface area contributed by atoms with Crippen molar-refractivity contribution in [1.82, 2.24) is 29.5 Å². The highest BCUT2D eigenvalue weighted by atomic mass is 15.2. The Labute approximate surface area is 117 Å². The third kappa shape index (κ3) is 2.30. The zero-order chi connectivity index (χ0) is 13.9. The predicted octanol–water partition coefficient (Wildman–Crippen LogP) is 1.36. The quantitative estimate of drug-likeness (QED) is 0.760. The molecule has 0 saturated heterocycles. The number of nitrogens with zero attached hydrogens (tertiary/aromatic N) is 5. The van der Waals surface area contributed by atoms with Crippen molar-refractivity contribution in [3.05, 3.63) is 48.6 Å². The molecule has 6 heteroatoms. The summed E-state index contributed by atoms with van der Waals surface area (Å²) in [5.74, 6) is 1.05. The van der Waals surface area contributed by atoms with Crippen molar-refractivity contribution in [3.63, 3.8) is 0 Å². The van der Waals surface area contributed by atoms with Crippen LogP contribution in [0.5, 0.6) is 0 Å². The van der Waals surface area contributed by atoms with Crippen LogP contribution in [0.2, 0.25) is 0 Å². The van der Waals surface area contributed by atoms with Gasteiger partial charge in [0.1, 0.15) is 5.82 Å². The molecule has 3 rings (SSSR count). The van der Waals surface area contributed by atoms with Gasteiger partial charge in [0.2, 0.25) is 0 Å². The SMILES string of the molecule is CCNC(Cc1nccn1C)c1cnn2ccncc12. The lowest BCUT2D eigenvalue weighted by atomic mass is 10.1. The Morgan fingerprint density at radius 3 is 2.90 bits per heavy atom. The van der Waals surface area contributed by atoms with Crippen LogP contribution in [-0.4, -0.2) is 30.7 Å². The lowest BCUT2D eigenvalue weighted by Gasteiger charge is -2.16. The van der Waals surface area contributed by atoms with Crippen molar-refractivity contribution in [2.24, 2.45) is 7.05 Å². The van der Waals surface area contributed by atoms with Crippen molar-refractivity contribution in [3.8, 4) is 0 Å². The monoisotopic (exact) mass is 270 g/mol. The second-order valence-corrected chi connectivity index (χ2v) is 4.77. The van der Waals surface area contributed by atoms with E-state index < -0.39 is 0 Å². The predicted molar refractivity (Wildman–Crippen MR) is 76.3 cm³/mol. The van der Waals surface area contributed by atoms with Crippen molar-refractivity contribution in [2.45, 2.75) is 19.4 Å². The van der Waals surface area contributed by atoms with E-state index in [2.05, 4.69) is 27.3 Å². The zero-order valence-corrected chi connectivity index (χ0v) is 11.7. The van der Waals surface area contributed by atoms with E-state index in [0.29, 0.717) is 0 Å². The summed E-state index contributed by atoms with van der Waals surface area (Å²) in [5.41, 5.74) is 2.19. The zero-order valence-electron chi connectivity index (χ0n) is 11.7. The van der Waals surface area contributed by atoms with E-state index in [-0.39, 0.29) is 6.04 Å². The first-order valence-electron chi connectivity index (χ1n) is 6.76. The number of hydrogen-bond donors (Lipinski definition) is 1. The highest BCUT2D eigenvalue weighted by molar-refractivity contribution is 5.53. The molecule has 3 aromatic heterocycles. The number of likely N-dealkylation sites (N-methyl/N-ethyl adjacent to an activating group) is 1. The molecule has 0 saturated carbocycles. The van der Waals surface area contributed by atoms with Crippen molar-refractivity contribution < 1.29 is 0 Å². The largest absolute Gasteiger partial charge is 0.338 e. The van der Waals surface area contributed by atoms with Gasteiger partial charge < -0.3 is 9.88 Å². The summed E-state index contributed by atoms with van der Waals surface area (Å²) >= 11 is 0. The lowest BCUT2D eigenvalue weighted by molar-refractivity contribution is 0.532. The van der Waals surface area contributed by atoms with Gasteiger partial charge in [0, 0.05) is 49.9 Å². The van der Waals surface area contributed by atoms with Gasteiger partial charge in [0.05, 0.1) is 17.9 Å². The van der Waals surface area contributed by atoms with E-state index >= 15 is 0 Å². The minimum Gasteiger partial charge on any atom is -0.338 e. The van der Waals surface area contributed by atoms with Gasteiger partial charge in [-0.2, -0.15) is 5.10 Å². The van der Waals surface area contributed by atoms with Crippen LogP contribution in [0.15, 0.2) is 37.2 Å². The fourth-order valence-corrected chi connectivity index (χ4v) is 2.44. The summed E-state index contributed by atoms with van der Waals surface area (Å²) in [4.78, 5) is 8.60. The molecule has 0 aliphatic carbocycles. The molecule has 0 aromatic carbocycles. The van der Waals surface area contributed by atoms with Crippen LogP contribution in [0.25, 0.3) is 5.52 Å². The number of imidazole rings is 1. The minimum absolute atomic E-state index is 0.183. The van der Waals surface area contributed by atoms with E-state index in [0.717, 1.165) is 29.9 Å². The maximum absolute atomic E-state index is 4.41. The summed E-state index contributed by atoms with van der Waals surface area (Å²) in [7, 11) is 2.02. The normalized spacial score (nSPS) is 12.9. The molecule has 0 aliphatic heterocycles. The first-order chi connectivity index (χ1) is 9.79. The molecular formula is C14H18N6. The molecule has 20 heavy (non-hydrogen) atoms. The minimum atomic E-state index is 0.183. The summed E-state index contributed by atoms with van der Waals surface area (Å²) in [6, 6.07) is 0.183. The molecule has 1 N–H and O–H groups in total. The molecule has 6 nitrogen and oxygen atoms in total. The van der Waals surface area contributed by atoms with Crippen LogP contribution in [0, 0.1) is 0 Å². The van der Waals surface area contributed by atoms with E-state index in [1.54, 1.807) is 6.20 Å². The molecular weight excluding hydrogens is 252 g/mol. The van der Waals surface area contributed by atoms with Gasteiger partial charge >= 0.3 is 0 Å². The Morgan fingerprint density at radius 1 is 1.25 bits per heavy atom. The van der Waals surface area contributed by atoms with E-state index in [1.165, 1.54) is 0 Å². The number of rotatable bonds is 5. The summed E-state index contributed by atoms with van der Waals surface area (Å²) < 4.78 is 3.90. The van der Waals surface area contributed by atoms with Gasteiger partial charge in [0.25, 0.3) is 0 Å². The molecule has 0 radical (unpaired) electrons. The Hall–Kier alpha value is -2.21. The molecule has 0 amide bonds. The second kappa shape index (κ2) is 5.42. The molecule has 0 fully saturated rings. The van der Waals surface area contributed by atoms with Gasteiger partial charge in [0.15, 0.2) is 0 Å².